The summed E-state index contributed by atoms with van der Waals surface area (Å²) >= 11 is 0. The molecule has 1 heterocycles. The highest BCUT2D eigenvalue weighted by molar-refractivity contribution is 4.96. The second-order valence-electron chi connectivity index (χ2n) is 3.32. The molecule has 0 aromatic rings. The Morgan fingerprint density at radius 3 is 2.50 bits per heavy atom. The highest BCUT2D eigenvalue weighted by Gasteiger charge is 2.44. The van der Waals surface area contributed by atoms with E-state index in [1.807, 2.05) is 0 Å². The Labute approximate surface area is 71.0 Å². The van der Waals surface area contributed by atoms with Crippen LogP contribution in [0.25, 0.3) is 0 Å². The van der Waals surface area contributed by atoms with Crippen LogP contribution < -0.4 is 5.32 Å². The predicted molar refractivity (Wildman–Crippen MR) is 41.4 cm³/mol. The first-order valence-electron chi connectivity index (χ1n) is 3.86. The monoisotopic (exact) mass is 177 g/mol. The van der Waals surface area contributed by atoms with Gasteiger partial charge in [-0.3, -0.25) is 0 Å². The van der Waals surface area contributed by atoms with Crippen LogP contribution >= 0.6 is 0 Å². The molecule has 0 bridgehead atoms. The lowest BCUT2D eigenvalue weighted by Gasteiger charge is -2.42. The first-order valence-corrected chi connectivity index (χ1v) is 3.86. The summed E-state index contributed by atoms with van der Waals surface area (Å²) in [5, 5.41) is 30.9. The molecule has 1 fully saturated rings. The van der Waals surface area contributed by atoms with Crippen molar-refractivity contribution in [3.05, 3.63) is 0 Å². The maximum atomic E-state index is 9.66. The highest BCUT2D eigenvalue weighted by Crippen LogP contribution is 2.22. The fourth-order valence-electron chi connectivity index (χ4n) is 1.46. The van der Waals surface area contributed by atoms with E-state index in [2.05, 4.69) is 5.32 Å². The molecule has 5 nitrogen and oxygen atoms in total. The van der Waals surface area contributed by atoms with E-state index in [1.54, 1.807) is 14.0 Å². The molecular weight excluding hydrogens is 162 g/mol. The molecule has 4 atom stereocenters. The minimum atomic E-state index is -1.22. The van der Waals surface area contributed by atoms with Gasteiger partial charge in [0.2, 0.25) is 0 Å². The van der Waals surface area contributed by atoms with E-state index >= 15 is 0 Å². The summed E-state index contributed by atoms with van der Waals surface area (Å²) in [6.45, 7) is 1.56. The van der Waals surface area contributed by atoms with Crippen molar-refractivity contribution in [2.24, 2.45) is 0 Å². The van der Waals surface area contributed by atoms with Crippen LogP contribution in [0.3, 0.4) is 0 Å². The van der Waals surface area contributed by atoms with Crippen LogP contribution in [0.4, 0.5) is 0 Å². The molecule has 4 N–H and O–H groups in total. The first-order chi connectivity index (χ1) is 5.49. The second kappa shape index (κ2) is 3.27. The predicted octanol–water partition coefficient (Wildman–Crippen LogP) is -1.97. The molecule has 1 aliphatic heterocycles. The lowest BCUT2D eigenvalue weighted by Crippen LogP contribution is -2.64. The van der Waals surface area contributed by atoms with E-state index < -0.39 is 24.0 Å². The Morgan fingerprint density at radius 1 is 1.50 bits per heavy atom. The summed E-state index contributed by atoms with van der Waals surface area (Å²) in [6.07, 6.45) is -2.32. The SMILES string of the molecule is CN[C@H]1[C@@H](O)[C@H](O)OC[C@]1(C)O. The molecule has 1 rings (SSSR count). The van der Waals surface area contributed by atoms with Crippen LogP contribution in [0.15, 0.2) is 0 Å². The van der Waals surface area contributed by atoms with Crippen LogP contribution in [-0.4, -0.2) is 53.0 Å². The number of aliphatic hydroxyl groups excluding tert-OH is 2. The Hall–Kier alpha value is -0.200. The molecule has 0 aromatic carbocycles. The average Bonchev–Trinajstić information content (AvgIpc) is 1.99. The summed E-state index contributed by atoms with van der Waals surface area (Å²) in [4.78, 5) is 0. The molecular formula is C7H15NO4. The van der Waals surface area contributed by atoms with E-state index in [4.69, 9.17) is 9.84 Å². The van der Waals surface area contributed by atoms with Gasteiger partial charge in [-0.2, -0.15) is 0 Å². The molecule has 0 aromatic heterocycles. The molecule has 0 radical (unpaired) electrons. The van der Waals surface area contributed by atoms with E-state index in [9.17, 15) is 10.2 Å². The summed E-state index contributed by atoms with van der Waals surface area (Å²) in [5.41, 5.74) is -1.15. The number of ether oxygens (including phenoxy) is 1. The minimum Gasteiger partial charge on any atom is -0.386 e. The Kier molecular flexibility index (Phi) is 2.70. The molecule has 0 aliphatic carbocycles. The van der Waals surface area contributed by atoms with Gasteiger partial charge in [0, 0.05) is 0 Å². The zero-order chi connectivity index (χ0) is 9.35. The van der Waals surface area contributed by atoms with Gasteiger partial charge in [0.1, 0.15) is 11.7 Å². The lowest BCUT2D eigenvalue weighted by molar-refractivity contribution is -0.248. The van der Waals surface area contributed by atoms with E-state index in [0.717, 1.165) is 0 Å². The normalized spacial score (nSPS) is 49.2. The fourth-order valence-corrected chi connectivity index (χ4v) is 1.46. The molecule has 0 unspecified atom stereocenters. The van der Waals surface area contributed by atoms with Gasteiger partial charge in [-0.25, -0.2) is 0 Å². The summed E-state index contributed by atoms with van der Waals surface area (Å²) in [6, 6.07) is -0.568. The van der Waals surface area contributed by atoms with Crippen molar-refractivity contribution in [1.82, 2.24) is 5.32 Å². The van der Waals surface area contributed by atoms with Crippen LogP contribution in [0.1, 0.15) is 6.92 Å². The summed E-state index contributed by atoms with van der Waals surface area (Å²) < 4.78 is 4.75. The van der Waals surface area contributed by atoms with Gasteiger partial charge in [-0.05, 0) is 14.0 Å². The molecule has 1 aliphatic rings. The van der Waals surface area contributed by atoms with Crippen LogP contribution in [-0.2, 0) is 4.74 Å². The van der Waals surface area contributed by atoms with Crippen molar-refractivity contribution in [2.45, 2.75) is 31.0 Å². The lowest BCUT2D eigenvalue weighted by atomic mass is 9.90. The maximum absolute atomic E-state index is 9.66. The van der Waals surface area contributed by atoms with Crippen LogP contribution in [0, 0.1) is 0 Å². The number of nitrogens with one attached hydrogen (secondary N) is 1. The molecule has 72 valence electrons. The Balaban J connectivity index is 2.72. The minimum absolute atomic E-state index is 0.0106. The molecule has 0 amide bonds. The van der Waals surface area contributed by atoms with Gasteiger partial charge in [-0.15, -0.1) is 0 Å². The largest absolute Gasteiger partial charge is 0.386 e. The number of hydrogen-bond acceptors (Lipinski definition) is 5. The van der Waals surface area contributed by atoms with E-state index in [-0.39, 0.29) is 6.61 Å². The number of aliphatic hydroxyl groups is 3. The van der Waals surface area contributed by atoms with Crippen molar-refractivity contribution in [3.8, 4) is 0 Å². The third kappa shape index (κ3) is 1.60. The van der Waals surface area contributed by atoms with Gasteiger partial charge < -0.3 is 25.4 Å². The van der Waals surface area contributed by atoms with Crippen molar-refractivity contribution in [2.75, 3.05) is 13.7 Å². The zero-order valence-electron chi connectivity index (χ0n) is 7.19. The number of likely N-dealkylation sites (N-methyl/N-ethyl adjacent to an activating group) is 1. The van der Waals surface area contributed by atoms with Gasteiger partial charge >= 0.3 is 0 Å². The molecule has 5 heteroatoms. The van der Waals surface area contributed by atoms with E-state index in [1.165, 1.54) is 0 Å². The van der Waals surface area contributed by atoms with Gasteiger partial charge in [-0.1, -0.05) is 0 Å². The Morgan fingerprint density at radius 2 is 2.08 bits per heavy atom. The van der Waals surface area contributed by atoms with Crippen molar-refractivity contribution in [1.29, 1.82) is 0 Å². The molecule has 12 heavy (non-hydrogen) atoms. The fraction of sp³-hybridized carbons (Fsp3) is 1.00. The number of hydrogen-bond donors (Lipinski definition) is 4. The molecule has 1 saturated heterocycles. The molecule has 0 spiro atoms. The standard InChI is InChI=1S/C7H15NO4/c1-7(11)3-12-6(10)4(9)5(7)8-2/h4-6,8-11H,3H2,1-2H3/t4-,5+,6-,7+/m1/s1. The Bertz CT molecular complexity index is 161. The second-order valence-corrected chi connectivity index (χ2v) is 3.32. The van der Waals surface area contributed by atoms with Crippen LogP contribution in [0.2, 0.25) is 0 Å². The third-order valence-corrected chi connectivity index (χ3v) is 2.16. The maximum Gasteiger partial charge on any atom is 0.182 e. The van der Waals surface area contributed by atoms with Gasteiger partial charge in [0.15, 0.2) is 6.29 Å². The van der Waals surface area contributed by atoms with Crippen LogP contribution in [0.5, 0.6) is 0 Å². The van der Waals surface area contributed by atoms with Gasteiger partial charge in [0.05, 0.1) is 12.6 Å². The van der Waals surface area contributed by atoms with Crippen molar-refractivity contribution < 1.29 is 20.1 Å². The van der Waals surface area contributed by atoms with Crippen molar-refractivity contribution in [3.63, 3.8) is 0 Å². The van der Waals surface area contributed by atoms with Crippen molar-refractivity contribution >= 4 is 0 Å². The summed E-state index contributed by atoms with van der Waals surface area (Å²) in [7, 11) is 1.61. The topological polar surface area (TPSA) is 82.0 Å². The first kappa shape index (κ1) is 9.88. The third-order valence-electron chi connectivity index (χ3n) is 2.16. The number of rotatable bonds is 1. The average molecular weight is 177 g/mol. The van der Waals surface area contributed by atoms with E-state index in [0.29, 0.717) is 0 Å². The molecule has 0 saturated carbocycles. The smallest absolute Gasteiger partial charge is 0.182 e. The quantitative estimate of drug-likeness (QED) is 0.374. The van der Waals surface area contributed by atoms with Gasteiger partial charge in [0.25, 0.3) is 0 Å². The highest BCUT2D eigenvalue weighted by atomic mass is 16.6. The zero-order valence-corrected chi connectivity index (χ0v) is 7.19. The summed E-state index contributed by atoms with van der Waals surface area (Å²) in [5.74, 6) is 0.